The lowest BCUT2D eigenvalue weighted by Gasteiger charge is -2.00. The maximum atomic E-state index is 12.7. The predicted octanol–water partition coefficient (Wildman–Crippen LogP) is 4.12. The summed E-state index contributed by atoms with van der Waals surface area (Å²) in [6, 6.07) is 11.4. The summed E-state index contributed by atoms with van der Waals surface area (Å²) in [7, 11) is 0. The van der Waals surface area contributed by atoms with Crippen molar-refractivity contribution < 1.29 is 13.2 Å². The van der Waals surface area contributed by atoms with Crippen molar-refractivity contribution in [2.24, 2.45) is 0 Å². The van der Waals surface area contributed by atoms with E-state index in [4.69, 9.17) is 0 Å². The van der Waals surface area contributed by atoms with Crippen LogP contribution < -0.4 is 0 Å². The zero-order chi connectivity index (χ0) is 13.9. The van der Waals surface area contributed by atoms with Crippen LogP contribution in [-0.4, -0.2) is 14.6 Å². The summed E-state index contributed by atoms with van der Waals surface area (Å²) in [5, 5.41) is 5.45. The number of fused-ring (bicyclic) bond motifs is 5. The van der Waals surface area contributed by atoms with Crippen molar-refractivity contribution in [2.75, 3.05) is 0 Å². The molecule has 2 aromatic heterocycles. The molecular formula is C13H6F3N3S. The van der Waals surface area contributed by atoms with E-state index in [0.29, 0.717) is 5.52 Å². The van der Waals surface area contributed by atoms with E-state index in [9.17, 15) is 13.2 Å². The van der Waals surface area contributed by atoms with E-state index in [2.05, 4.69) is 10.1 Å². The molecule has 0 radical (unpaired) electrons. The number of hydrogen-bond acceptors (Lipinski definition) is 3. The Morgan fingerprint density at radius 2 is 1.85 bits per heavy atom. The van der Waals surface area contributed by atoms with Crippen molar-refractivity contribution >= 4 is 37.3 Å². The van der Waals surface area contributed by atoms with Crippen molar-refractivity contribution in [3.8, 4) is 0 Å². The van der Waals surface area contributed by atoms with E-state index >= 15 is 0 Å². The second-order valence-electron chi connectivity index (χ2n) is 4.36. The molecule has 0 amide bonds. The maximum absolute atomic E-state index is 12.7. The molecule has 4 rings (SSSR count). The molecule has 20 heavy (non-hydrogen) atoms. The van der Waals surface area contributed by atoms with Gasteiger partial charge in [0.05, 0.1) is 10.2 Å². The Hall–Kier alpha value is -2.15. The number of halogens is 3. The average molecular weight is 293 g/mol. The van der Waals surface area contributed by atoms with Crippen LogP contribution in [0.3, 0.4) is 0 Å². The van der Waals surface area contributed by atoms with Crippen molar-refractivity contribution in [3.05, 3.63) is 42.2 Å². The van der Waals surface area contributed by atoms with Gasteiger partial charge in [-0.15, -0.1) is 5.10 Å². The molecule has 2 heterocycles. The van der Waals surface area contributed by atoms with Crippen molar-refractivity contribution in [2.45, 2.75) is 6.18 Å². The lowest BCUT2D eigenvalue weighted by molar-refractivity contribution is -0.144. The molecule has 0 aliphatic heterocycles. The van der Waals surface area contributed by atoms with Crippen LogP contribution in [0.25, 0.3) is 25.9 Å². The Morgan fingerprint density at radius 1 is 1.05 bits per heavy atom. The van der Waals surface area contributed by atoms with Gasteiger partial charge in [-0.25, -0.2) is 4.52 Å². The number of thiazole rings is 1. The zero-order valence-corrected chi connectivity index (χ0v) is 10.7. The van der Waals surface area contributed by atoms with Crippen LogP contribution in [0.2, 0.25) is 0 Å². The van der Waals surface area contributed by atoms with Gasteiger partial charge in [-0.05, 0) is 11.5 Å². The zero-order valence-electron chi connectivity index (χ0n) is 9.85. The fourth-order valence-electron chi connectivity index (χ4n) is 2.26. The molecule has 100 valence electrons. The molecule has 0 unspecified atom stereocenters. The van der Waals surface area contributed by atoms with Crippen molar-refractivity contribution in [3.63, 3.8) is 0 Å². The third-order valence-corrected chi connectivity index (χ3v) is 4.10. The molecule has 0 spiro atoms. The summed E-state index contributed by atoms with van der Waals surface area (Å²) in [4.78, 5) is 3.83. The van der Waals surface area contributed by atoms with Gasteiger partial charge in [0.2, 0.25) is 4.96 Å². The van der Waals surface area contributed by atoms with E-state index in [1.807, 2.05) is 36.4 Å². The molecular weight excluding hydrogens is 287 g/mol. The van der Waals surface area contributed by atoms with E-state index < -0.39 is 12.0 Å². The molecule has 0 aliphatic carbocycles. The molecule has 4 aromatic rings. The van der Waals surface area contributed by atoms with E-state index in [1.165, 1.54) is 15.9 Å². The first-order chi connectivity index (χ1) is 9.54. The van der Waals surface area contributed by atoms with Crippen LogP contribution in [0, 0.1) is 0 Å². The fraction of sp³-hybridized carbons (Fsp3) is 0.0769. The Kier molecular flexibility index (Phi) is 2.15. The Morgan fingerprint density at radius 3 is 2.65 bits per heavy atom. The van der Waals surface area contributed by atoms with Gasteiger partial charge in [0, 0.05) is 5.39 Å². The lowest BCUT2D eigenvalue weighted by atomic mass is 10.1. The number of hydrogen-bond donors (Lipinski definition) is 0. The Labute approximate surface area is 114 Å². The van der Waals surface area contributed by atoms with Gasteiger partial charge in [0.1, 0.15) is 0 Å². The average Bonchev–Trinajstić information content (AvgIpc) is 2.94. The van der Waals surface area contributed by atoms with Gasteiger partial charge in [-0.1, -0.05) is 41.7 Å². The molecule has 0 saturated carbocycles. The van der Waals surface area contributed by atoms with Gasteiger partial charge in [-0.2, -0.15) is 18.2 Å². The second-order valence-corrected chi connectivity index (χ2v) is 5.37. The van der Waals surface area contributed by atoms with Crippen LogP contribution in [0.1, 0.15) is 5.82 Å². The number of alkyl halides is 3. The SMILES string of the molecule is FC(F)(F)c1nc2sc3ccc4ccccc4c3n2n1. The Balaban J connectivity index is 2.17. The highest BCUT2D eigenvalue weighted by atomic mass is 32.1. The second kappa shape index (κ2) is 3.69. The van der Waals surface area contributed by atoms with Crippen LogP contribution in [0.15, 0.2) is 36.4 Å². The monoisotopic (exact) mass is 293 g/mol. The third-order valence-electron chi connectivity index (χ3n) is 3.11. The minimum Gasteiger partial charge on any atom is -0.202 e. The summed E-state index contributed by atoms with van der Waals surface area (Å²) in [6.07, 6.45) is -4.53. The van der Waals surface area contributed by atoms with Gasteiger partial charge in [-0.3, -0.25) is 0 Å². The third kappa shape index (κ3) is 1.53. The maximum Gasteiger partial charge on any atom is 0.453 e. The molecule has 0 saturated heterocycles. The van der Waals surface area contributed by atoms with Gasteiger partial charge >= 0.3 is 6.18 Å². The first-order valence-electron chi connectivity index (χ1n) is 5.78. The van der Waals surface area contributed by atoms with Crippen molar-refractivity contribution in [1.29, 1.82) is 0 Å². The molecule has 0 bridgehead atoms. The van der Waals surface area contributed by atoms with Gasteiger partial charge in [0.25, 0.3) is 5.82 Å². The Bertz CT molecular complexity index is 952. The smallest absolute Gasteiger partial charge is 0.202 e. The van der Waals surface area contributed by atoms with E-state index in [-0.39, 0.29) is 4.96 Å². The van der Waals surface area contributed by atoms with Gasteiger partial charge < -0.3 is 0 Å². The lowest BCUT2D eigenvalue weighted by Crippen LogP contribution is -2.07. The highest BCUT2D eigenvalue weighted by molar-refractivity contribution is 7.23. The van der Waals surface area contributed by atoms with Gasteiger partial charge in [0.15, 0.2) is 0 Å². The first-order valence-corrected chi connectivity index (χ1v) is 6.60. The summed E-state index contributed by atoms with van der Waals surface area (Å²) >= 11 is 1.20. The number of nitrogens with zero attached hydrogens (tertiary/aromatic N) is 3. The summed E-state index contributed by atoms with van der Waals surface area (Å²) in [5.41, 5.74) is 0.672. The molecule has 7 heteroatoms. The van der Waals surface area contributed by atoms with E-state index in [1.54, 1.807) is 0 Å². The number of rotatable bonds is 0. The standard InChI is InChI=1S/C13H6F3N3S/c14-13(15,16)11-17-12-19(18-11)10-8-4-2-1-3-7(8)5-6-9(10)20-12/h1-6H. The summed E-state index contributed by atoms with van der Waals surface area (Å²) in [5.74, 6) is -1.10. The summed E-state index contributed by atoms with van der Waals surface area (Å²) < 4.78 is 40.2. The molecule has 0 aliphatic rings. The largest absolute Gasteiger partial charge is 0.453 e. The molecule has 0 atom stereocenters. The van der Waals surface area contributed by atoms with Crippen molar-refractivity contribution in [1.82, 2.24) is 14.6 Å². The fourth-order valence-corrected chi connectivity index (χ4v) is 3.24. The minimum absolute atomic E-state index is 0.253. The highest BCUT2D eigenvalue weighted by Gasteiger charge is 2.36. The quantitative estimate of drug-likeness (QED) is 0.488. The number of benzene rings is 2. The molecule has 0 fully saturated rings. The molecule has 0 N–H and O–H groups in total. The highest BCUT2D eigenvalue weighted by Crippen LogP contribution is 2.34. The van der Waals surface area contributed by atoms with E-state index in [0.717, 1.165) is 15.5 Å². The molecule has 3 nitrogen and oxygen atoms in total. The normalized spacial score (nSPS) is 12.8. The van der Waals surface area contributed by atoms with Crippen LogP contribution in [0.5, 0.6) is 0 Å². The number of aromatic nitrogens is 3. The van der Waals surface area contributed by atoms with Crippen LogP contribution in [-0.2, 0) is 6.18 Å². The summed E-state index contributed by atoms with van der Waals surface area (Å²) in [6.45, 7) is 0. The van der Waals surface area contributed by atoms with Crippen LogP contribution >= 0.6 is 11.3 Å². The topological polar surface area (TPSA) is 30.2 Å². The predicted molar refractivity (Wildman–Crippen MR) is 70.9 cm³/mol. The molecule has 2 aromatic carbocycles. The van der Waals surface area contributed by atoms with Crippen LogP contribution in [0.4, 0.5) is 13.2 Å². The minimum atomic E-state index is -4.53. The first kappa shape index (κ1) is 11.7.